The minimum absolute atomic E-state index is 0.0412. The molecule has 0 atom stereocenters. The molecule has 1 aliphatic heterocycles. The van der Waals surface area contributed by atoms with Crippen molar-refractivity contribution >= 4 is 0 Å². The smallest absolute Gasteiger partial charge is 0.220 e. The van der Waals surface area contributed by atoms with Crippen LogP contribution in [0.4, 0.5) is 0 Å². The Labute approximate surface area is 149 Å². The Morgan fingerprint density at radius 3 is 2.60 bits per heavy atom. The fourth-order valence-electron chi connectivity index (χ4n) is 2.96. The van der Waals surface area contributed by atoms with Gasteiger partial charge in [-0.25, -0.2) is 9.97 Å². The van der Waals surface area contributed by atoms with Crippen LogP contribution in [0.1, 0.15) is 43.4 Å². The van der Waals surface area contributed by atoms with Crippen molar-refractivity contribution in [3.63, 3.8) is 0 Å². The first kappa shape index (κ1) is 17.6. The van der Waals surface area contributed by atoms with E-state index in [4.69, 9.17) is 14.5 Å². The van der Waals surface area contributed by atoms with Crippen LogP contribution in [-0.2, 0) is 24.9 Å². The second kappa shape index (κ2) is 6.96. The Morgan fingerprint density at radius 2 is 1.92 bits per heavy atom. The Hall–Kier alpha value is -2.21. The zero-order valence-corrected chi connectivity index (χ0v) is 15.7. The van der Waals surface area contributed by atoms with E-state index in [9.17, 15) is 0 Å². The van der Waals surface area contributed by atoms with Gasteiger partial charge in [0.1, 0.15) is 5.82 Å². The van der Waals surface area contributed by atoms with E-state index in [0.717, 1.165) is 43.1 Å². The molecule has 0 aliphatic carbocycles. The molecule has 3 rings (SSSR count). The van der Waals surface area contributed by atoms with Gasteiger partial charge in [0, 0.05) is 42.9 Å². The molecule has 6 nitrogen and oxygen atoms in total. The topological polar surface area (TPSA) is 60.4 Å². The van der Waals surface area contributed by atoms with E-state index < -0.39 is 0 Å². The molecule has 25 heavy (non-hydrogen) atoms. The summed E-state index contributed by atoms with van der Waals surface area (Å²) in [7, 11) is 3.25. The monoisotopic (exact) mass is 342 g/mol. The molecule has 2 aromatic rings. The number of aromatic nitrogens is 3. The maximum absolute atomic E-state index is 5.42. The molecule has 134 valence electrons. The zero-order chi connectivity index (χ0) is 18.0. The van der Waals surface area contributed by atoms with Crippen LogP contribution in [0.3, 0.4) is 0 Å². The molecule has 0 aromatic carbocycles. The van der Waals surface area contributed by atoms with E-state index in [1.54, 1.807) is 14.2 Å². The van der Waals surface area contributed by atoms with Gasteiger partial charge in [0.05, 0.1) is 19.9 Å². The fourth-order valence-corrected chi connectivity index (χ4v) is 2.96. The van der Waals surface area contributed by atoms with E-state index in [-0.39, 0.29) is 5.41 Å². The lowest BCUT2D eigenvalue weighted by Gasteiger charge is -2.29. The molecule has 0 saturated carbocycles. The van der Waals surface area contributed by atoms with Crippen molar-refractivity contribution in [2.75, 3.05) is 20.8 Å². The third kappa shape index (κ3) is 3.90. The third-order valence-corrected chi connectivity index (χ3v) is 4.41. The predicted molar refractivity (Wildman–Crippen MR) is 95.9 cm³/mol. The summed E-state index contributed by atoms with van der Waals surface area (Å²) in [5, 5.41) is 0. The molecule has 3 heterocycles. The van der Waals surface area contributed by atoms with Crippen LogP contribution in [0, 0.1) is 0 Å². The van der Waals surface area contributed by atoms with Crippen molar-refractivity contribution < 1.29 is 9.47 Å². The lowest BCUT2D eigenvalue weighted by molar-refractivity contribution is 0.235. The maximum atomic E-state index is 5.42. The van der Waals surface area contributed by atoms with Crippen LogP contribution in [0.15, 0.2) is 18.3 Å². The molecule has 0 saturated heterocycles. The van der Waals surface area contributed by atoms with Gasteiger partial charge in [-0.05, 0) is 18.1 Å². The van der Waals surface area contributed by atoms with E-state index in [0.29, 0.717) is 11.8 Å². The molecule has 0 radical (unpaired) electrons. The molecule has 6 heteroatoms. The number of pyridine rings is 1. The first-order valence-corrected chi connectivity index (χ1v) is 8.56. The van der Waals surface area contributed by atoms with Crippen LogP contribution in [-0.4, -0.2) is 40.6 Å². The largest absolute Gasteiger partial charge is 0.481 e. The molecular formula is C19H26N4O2. The number of methoxy groups -OCH3 is 2. The molecular weight excluding hydrogens is 316 g/mol. The van der Waals surface area contributed by atoms with Crippen molar-refractivity contribution in [1.29, 1.82) is 0 Å². The second-order valence-electron chi connectivity index (χ2n) is 7.40. The SMILES string of the molecule is COc1ccc(CN2CCc3cnc(C(C)(C)C)nc3C2)c(OC)n1. The van der Waals surface area contributed by atoms with Crippen molar-refractivity contribution in [2.45, 2.75) is 45.7 Å². The molecule has 1 aliphatic rings. The molecule has 0 amide bonds. The number of ether oxygens (including phenoxy) is 2. The van der Waals surface area contributed by atoms with Crippen LogP contribution in [0.5, 0.6) is 11.8 Å². The van der Waals surface area contributed by atoms with Gasteiger partial charge in [0.15, 0.2) is 0 Å². The predicted octanol–water partition coefficient (Wildman–Crippen LogP) is 2.74. The quantitative estimate of drug-likeness (QED) is 0.851. The Morgan fingerprint density at radius 1 is 1.12 bits per heavy atom. The maximum Gasteiger partial charge on any atom is 0.220 e. The van der Waals surface area contributed by atoms with Gasteiger partial charge >= 0.3 is 0 Å². The van der Waals surface area contributed by atoms with Crippen molar-refractivity contribution in [3.8, 4) is 11.8 Å². The number of rotatable bonds is 4. The summed E-state index contributed by atoms with van der Waals surface area (Å²) < 4.78 is 10.6. The highest BCUT2D eigenvalue weighted by atomic mass is 16.5. The van der Waals surface area contributed by atoms with Gasteiger partial charge in [-0.3, -0.25) is 4.90 Å². The first-order valence-electron chi connectivity index (χ1n) is 8.56. The van der Waals surface area contributed by atoms with Gasteiger partial charge in [-0.2, -0.15) is 4.98 Å². The van der Waals surface area contributed by atoms with Crippen molar-refractivity contribution in [3.05, 3.63) is 41.0 Å². The second-order valence-corrected chi connectivity index (χ2v) is 7.40. The molecule has 0 bridgehead atoms. The normalized spacial score (nSPS) is 14.9. The summed E-state index contributed by atoms with van der Waals surface area (Å²) in [6.45, 7) is 8.99. The minimum Gasteiger partial charge on any atom is -0.481 e. The highest BCUT2D eigenvalue weighted by molar-refractivity contribution is 5.31. The molecule has 0 unspecified atom stereocenters. The highest BCUT2D eigenvalue weighted by Gasteiger charge is 2.23. The van der Waals surface area contributed by atoms with Crippen LogP contribution >= 0.6 is 0 Å². The van der Waals surface area contributed by atoms with Gasteiger partial charge < -0.3 is 9.47 Å². The average molecular weight is 342 g/mol. The lowest BCUT2D eigenvalue weighted by atomic mass is 9.95. The number of fused-ring (bicyclic) bond motifs is 1. The van der Waals surface area contributed by atoms with Gasteiger partial charge in [0.2, 0.25) is 11.8 Å². The van der Waals surface area contributed by atoms with E-state index in [2.05, 4.69) is 35.6 Å². The summed E-state index contributed by atoms with van der Waals surface area (Å²) in [5.41, 5.74) is 3.40. The molecule has 0 fully saturated rings. The summed E-state index contributed by atoms with van der Waals surface area (Å²) in [5.74, 6) is 2.08. The number of hydrogen-bond donors (Lipinski definition) is 0. The molecule has 0 spiro atoms. The standard InChI is InChI=1S/C19H26N4O2/c1-19(2,3)18-20-10-13-8-9-23(12-15(13)21-18)11-14-6-7-16(24-4)22-17(14)25-5/h6-7,10H,8-9,11-12H2,1-5H3. The van der Waals surface area contributed by atoms with Crippen LogP contribution in [0.2, 0.25) is 0 Å². The molecule has 2 aromatic heterocycles. The lowest BCUT2D eigenvalue weighted by Crippen LogP contribution is -2.32. The van der Waals surface area contributed by atoms with Crippen molar-refractivity contribution in [2.24, 2.45) is 0 Å². The third-order valence-electron chi connectivity index (χ3n) is 4.41. The van der Waals surface area contributed by atoms with E-state index in [1.807, 2.05) is 18.3 Å². The Kier molecular flexibility index (Phi) is 4.90. The Balaban J connectivity index is 1.79. The molecule has 0 N–H and O–H groups in total. The van der Waals surface area contributed by atoms with Gasteiger partial charge in [0.25, 0.3) is 0 Å². The van der Waals surface area contributed by atoms with Gasteiger partial charge in [-0.15, -0.1) is 0 Å². The number of hydrogen-bond acceptors (Lipinski definition) is 6. The summed E-state index contributed by atoms with van der Waals surface area (Å²) >= 11 is 0. The number of nitrogens with zero attached hydrogens (tertiary/aromatic N) is 4. The van der Waals surface area contributed by atoms with Crippen molar-refractivity contribution in [1.82, 2.24) is 19.9 Å². The van der Waals surface area contributed by atoms with E-state index >= 15 is 0 Å². The average Bonchev–Trinajstić information content (AvgIpc) is 2.60. The summed E-state index contributed by atoms with van der Waals surface area (Å²) in [6, 6.07) is 3.89. The van der Waals surface area contributed by atoms with E-state index in [1.165, 1.54) is 5.56 Å². The fraction of sp³-hybridized carbons (Fsp3) is 0.526. The summed E-state index contributed by atoms with van der Waals surface area (Å²) in [6.07, 6.45) is 2.96. The first-order chi connectivity index (χ1) is 11.9. The summed E-state index contributed by atoms with van der Waals surface area (Å²) in [4.78, 5) is 16.1. The minimum atomic E-state index is -0.0412. The zero-order valence-electron chi connectivity index (χ0n) is 15.7. The van der Waals surface area contributed by atoms with Crippen LogP contribution in [0.25, 0.3) is 0 Å². The van der Waals surface area contributed by atoms with Gasteiger partial charge in [-0.1, -0.05) is 20.8 Å². The Bertz CT molecular complexity index is 756. The van der Waals surface area contributed by atoms with Crippen LogP contribution < -0.4 is 9.47 Å². The highest BCUT2D eigenvalue weighted by Crippen LogP contribution is 2.26.